The highest BCUT2D eigenvalue weighted by Crippen LogP contribution is 2.33. The molecule has 0 fully saturated rings. The number of hydrogen-bond donors (Lipinski definition) is 0. The largest absolute Gasteiger partial charge is 0.496 e. The highest BCUT2D eigenvalue weighted by atomic mass is 32.2. The summed E-state index contributed by atoms with van der Waals surface area (Å²) in [5.74, 6) is 1.75. The van der Waals surface area contributed by atoms with Gasteiger partial charge in [-0.3, -0.25) is 9.69 Å². The van der Waals surface area contributed by atoms with E-state index in [9.17, 15) is 4.79 Å². The zero-order chi connectivity index (χ0) is 19.0. The van der Waals surface area contributed by atoms with E-state index >= 15 is 0 Å². The van der Waals surface area contributed by atoms with Crippen LogP contribution in [0.5, 0.6) is 5.75 Å². The summed E-state index contributed by atoms with van der Waals surface area (Å²) >= 11 is 1.61. The monoisotopic (exact) mass is 380 g/mol. The van der Waals surface area contributed by atoms with E-state index < -0.39 is 0 Å². The summed E-state index contributed by atoms with van der Waals surface area (Å²) in [4.78, 5) is 27.6. The zero-order valence-electron chi connectivity index (χ0n) is 15.5. The number of ether oxygens (including phenoxy) is 1. The summed E-state index contributed by atoms with van der Waals surface area (Å²) in [6.45, 7) is 1.24. The molecule has 138 valence electrons. The van der Waals surface area contributed by atoms with Gasteiger partial charge in [-0.15, -0.1) is 11.8 Å². The number of rotatable bonds is 3. The minimum atomic E-state index is -0.126. The third-order valence-electron chi connectivity index (χ3n) is 4.69. The molecule has 0 radical (unpaired) electrons. The standard InChI is InChI=1S/C20H20N4O2S/c1-23-10-11-24(19-18(23)21-15-6-4-5-7-16(15)22-19)20(25)14-9-8-13(27-3)12-17(14)26-2/h4-9,12H,10-11H2,1-3H3. The van der Waals surface area contributed by atoms with Crippen molar-refractivity contribution in [2.75, 3.05) is 43.3 Å². The van der Waals surface area contributed by atoms with Gasteiger partial charge in [0.1, 0.15) is 5.75 Å². The van der Waals surface area contributed by atoms with E-state index in [1.165, 1.54) is 0 Å². The molecule has 0 saturated heterocycles. The number of amides is 1. The van der Waals surface area contributed by atoms with Crippen molar-refractivity contribution < 1.29 is 9.53 Å². The van der Waals surface area contributed by atoms with Crippen molar-refractivity contribution in [3.63, 3.8) is 0 Å². The van der Waals surface area contributed by atoms with E-state index in [2.05, 4.69) is 0 Å². The maximum atomic E-state index is 13.3. The molecule has 2 heterocycles. The van der Waals surface area contributed by atoms with Crippen molar-refractivity contribution in [3.8, 4) is 5.75 Å². The van der Waals surface area contributed by atoms with Gasteiger partial charge >= 0.3 is 0 Å². The van der Waals surface area contributed by atoms with Gasteiger partial charge in [-0.25, -0.2) is 9.97 Å². The lowest BCUT2D eigenvalue weighted by Crippen LogP contribution is -2.43. The molecule has 0 atom stereocenters. The lowest BCUT2D eigenvalue weighted by Gasteiger charge is -2.34. The molecule has 2 aromatic carbocycles. The van der Waals surface area contributed by atoms with Crippen LogP contribution in [0.3, 0.4) is 0 Å². The Kier molecular flexibility index (Phi) is 4.61. The number of fused-ring (bicyclic) bond motifs is 2. The minimum Gasteiger partial charge on any atom is -0.496 e. The van der Waals surface area contributed by atoms with E-state index in [-0.39, 0.29) is 5.91 Å². The van der Waals surface area contributed by atoms with Gasteiger partial charge in [-0.2, -0.15) is 0 Å². The molecule has 0 spiro atoms. The number of carbonyl (C=O) groups excluding carboxylic acids is 1. The van der Waals surface area contributed by atoms with E-state index in [0.29, 0.717) is 36.0 Å². The molecular weight excluding hydrogens is 360 g/mol. The summed E-state index contributed by atoms with van der Waals surface area (Å²) in [7, 11) is 3.55. The number of hydrogen-bond acceptors (Lipinski definition) is 6. The fourth-order valence-electron chi connectivity index (χ4n) is 3.20. The first-order chi connectivity index (χ1) is 13.1. The Morgan fingerprint density at radius 2 is 1.78 bits per heavy atom. The second-order valence-corrected chi connectivity index (χ2v) is 7.18. The topological polar surface area (TPSA) is 58.6 Å². The third-order valence-corrected chi connectivity index (χ3v) is 5.42. The molecule has 6 nitrogen and oxygen atoms in total. The Bertz CT molecular complexity index is 1020. The number of carbonyl (C=O) groups is 1. The van der Waals surface area contributed by atoms with Crippen LogP contribution >= 0.6 is 11.8 Å². The Morgan fingerprint density at radius 1 is 1.07 bits per heavy atom. The first-order valence-electron chi connectivity index (χ1n) is 8.64. The highest BCUT2D eigenvalue weighted by Gasteiger charge is 2.30. The number of likely N-dealkylation sites (N-methyl/N-ethyl adjacent to an activating group) is 1. The van der Waals surface area contributed by atoms with E-state index in [4.69, 9.17) is 14.7 Å². The van der Waals surface area contributed by atoms with E-state index in [1.807, 2.05) is 60.7 Å². The summed E-state index contributed by atoms with van der Waals surface area (Å²) in [6.07, 6.45) is 1.99. The smallest absolute Gasteiger partial charge is 0.263 e. The summed E-state index contributed by atoms with van der Waals surface area (Å²) in [5, 5.41) is 0. The summed E-state index contributed by atoms with van der Waals surface area (Å²) in [5.41, 5.74) is 2.12. The van der Waals surface area contributed by atoms with Crippen LogP contribution in [0.25, 0.3) is 11.0 Å². The number of thioether (sulfide) groups is 1. The van der Waals surface area contributed by atoms with Crippen molar-refractivity contribution in [1.29, 1.82) is 0 Å². The lowest BCUT2D eigenvalue weighted by molar-refractivity contribution is 0.0983. The van der Waals surface area contributed by atoms with Gasteiger partial charge in [0, 0.05) is 25.0 Å². The SMILES string of the molecule is COc1cc(SC)ccc1C(=O)N1CCN(C)c2nc3ccccc3nc21. The van der Waals surface area contributed by atoms with Crippen molar-refractivity contribution >= 4 is 40.3 Å². The van der Waals surface area contributed by atoms with Gasteiger partial charge in [-0.1, -0.05) is 12.1 Å². The third kappa shape index (κ3) is 3.08. The number of para-hydroxylation sites is 2. The molecular formula is C20H20N4O2S. The van der Waals surface area contributed by atoms with Gasteiger partial charge < -0.3 is 9.64 Å². The molecule has 0 bridgehead atoms. The van der Waals surface area contributed by atoms with Gasteiger partial charge in [0.05, 0.1) is 23.7 Å². The Morgan fingerprint density at radius 3 is 2.44 bits per heavy atom. The second-order valence-electron chi connectivity index (χ2n) is 6.30. The molecule has 0 N–H and O–H groups in total. The molecule has 0 saturated carbocycles. The van der Waals surface area contributed by atoms with Crippen LogP contribution in [-0.4, -0.2) is 49.4 Å². The van der Waals surface area contributed by atoms with E-state index in [1.54, 1.807) is 23.8 Å². The van der Waals surface area contributed by atoms with Crippen LogP contribution in [0.15, 0.2) is 47.4 Å². The average Bonchev–Trinajstić information content (AvgIpc) is 2.72. The van der Waals surface area contributed by atoms with Crippen LogP contribution in [0.2, 0.25) is 0 Å². The minimum absolute atomic E-state index is 0.126. The molecule has 1 aromatic heterocycles. The number of nitrogens with zero attached hydrogens (tertiary/aromatic N) is 4. The molecule has 0 unspecified atom stereocenters. The van der Waals surface area contributed by atoms with Crippen molar-refractivity contribution in [2.45, 2.75) is 4.90 Å². The highest BCUT2D eigenvalue weighted by molar-refractivity contribution is 7.98. The molecule has 3 aromatic rings. The molecule has 1 aliphatic rings. The van der Waals surface area contributed by atoms with Gasteiger partial charge in [0.25, 0.3) is 5.91 Å². The van der Waals surface area contributed by atoms with Crippen molar-refractivity contribution in [3.05, 3.63) is 48.0 Å². The number of methoxy groups -OCH3 is 1. The van der Waals surface area contributed by atoms with Crippen LogP contribution in [-0.2, 0) is 0 Å². The number of anilines is 2. The quantitative estimate of drug-likeness (QED) is 0.649. The van der Waals surface area contributed by atoms with Crippen molar-refractivity contribution in [1.82, 2.24) is 9.97 Å². The van der Waals surface area contributed by atoms with E-state index in [0.717, 1.165) is 15.9 Å². The Hall–Kier alpha value is -2.80. The molecule has 7 heteroatoms. The average molecular weight is 380 g/mol. The van der Waals surface area contributed by atoms with Crippen molar-refractivity contribution in [2.24, 2.45) is 0 Å². The lowest BCUT2D eigenvalue weighted by atomic mass is 10.1. The fraction of sp³-hybridized carbons (Fsp3) is 0.250. The Labute approximate surface area is 162 Å². The molecule has 1 aliphatic heterocycles. The molecule has 1 amide bonds. The number of benzene rings is 2. The molecule has 27 heavy (non-hydrogen) atoms. The normalized spacial score (nSPS) is 13.6. The number of aromatic nitrogens is 2. The van der Waals surface area contributed by atoms with Crippen LogP contribution in [0.1, 0.15) is 10.4 Å². The summed E-state index contributed by atoms with van der Waals surface area (Å²) < 4.78 is 5.47. The zero-order valence-corrected chi connectivity index (χ0v) is 16.3. The predicted octanol–water partition coefficient (Wildman–Crippen LogP) is 3.46. The van der Waals surface area contributed by atoms with Gasteiger partial charge in [-0.05, 0) is 36.6 Å². The van der Waals surface area contributed by atoms with Gasteiger partial charge in [0.15, 0.2) is 11.6 Å². The first kappa shape index (κ1) is 17.6. The Balaban J connectivity index is 1.81. The van der Waals surface area contributed by atoms with Gasteiger partial charge in [0.2, 0.25) is 0 Å². The van der Waals surface area contributed by atoms with Crippen LogP contribution in [0, 0.1) is 0 Å². The maximum Gasteiger partial charge on any atom is 0.263 e. The fourth-order valence-corrected chi connectivity index (χ4v) is 3.63. The van der Waals surface area contributed by atoms with Crippen LogP contribution < -0.4 is 14.5 Å². The molecule has 0 aliphatic carbocycles. The second kappa shape index (κ2) is 7.08. The maximum absolute atomic E-state index is 13.3. The first-order valence-corrected chi connectivity index (χ1v) is 9.86. The summed E-state index contributed by atoms with van der Waals surface area (Å²) in [6, 6.07) is 13.3. The predicted molar refractivity (Wildman–Crippen MR) is 109 cm³/mol. The van der Waals surface area contributed by atoms with Crippen LogP contribution in [0.4, 0.5) is 11.6 Å². The molecule has 4 rings (SSSR count).